The third kappa shape index (κ3) is 7.98. The summed E-state index contributed by atoms with van der Waals surface area (Å²) in [4.78, 5) is 30.4. The number of hydrogen-bond donors (Lipinski definition) is 2. The number of cyclic esters (lactones) is 1. The van der Waals surface area contributed by atoms with Crippen molar-refractivity contribution < 1.29 is 29.3 Å². The number of Topliss-reactive ketones (excluding diaryl/α,β-unsaturated/α-hetero) is 1. The van der Waals surface area contributed by atoms with E-state index in [9.17, 15) is 19.8 Å². The van der Waals surface area contributed by atoms with Gasteiger partial charge >= 0.3 is 5.97 Å². The molecule has 196 valence electrons. The molecule has 0 amide bonds. The molecule has 0 saturated carbocycles. The van der Waals surface area contributed by atoms with Crippen LogP contribution in [0.5, 0.6) is 5.19 Å². The fraction of sp³-hybridized carbons (Fsp3) is 0.667. The molecule has 35 heavy (non-hydrogen) atoms. The normalized spacial score (nSPS) is 31.4. The van der Waals surface area contributed by atoms with E-state index in [1.807, 2.05) is 32.2 Å². The molecule has 7 nitrogen and oxygen atoms in total. The molecule has 1 aliphatic rings. The minimum atomic E-state index is -1.23. The minimum Gasteiger partial charge on any atom is -0.473 e. The van der Waals surface area contributed by atoms with E-state index in [4.69, 9.17) is 9.47 Å². The van der Waals surface area contributed by atoms with Crippen molar-refractivity contribution in [3.8, 4) is 5.19 Å². The van der Waals surface area contributed by atoms with Gasteiger partial charge in [-0.15, -0.1) is 0 Å². The summed E-state index contributed by atoms with van der Waals surface area (Å²) in [6.45, 7) is 10.8. The quantitative estimate of drug-likeness (QED) is 0.440. The van der Waals surface area contributed by atoms with E-state index in [0.717, 1.165) is 30.5 Å². The predicted molar refractivity (Wildman–Crippen MR) is 138 cm³/mol. The number of ether oxygens (including phenoxy) is 2. The Bertz CT molecular complexity index is 934. The number of thiazole rings is 1. The largest absolute Gasteiger partial charge is 0.473 e. The Morgan fingerprint density at radius 3 is 2.60 bits per heavy atom. The van der Waals surface area contributed by atoms with Crippen molar-refractivity contribution in [3.63, 3.8) is 0 Å². The summed E-state index contributed by atoms with van der Waals surface area (Å²) in [6.07, 6.45) is 4.10. The third-order valence-electron chi connectivity index (χ3n) is 7.08. The lowest BCUT2D eigenvalue weighted by Crippen LogP contribution is -2.45. The fourth-order valence-corrected chi connectivity index (χ4v) is 4.98. The Kier molecular flexibility index (Phi) is 10.7. The number of methoxy groups -OCH3 is 1. The minimum absolute atomic E-state index is 0.0550. The summed E-state index contributed by atoms with van der Waals surface area (Å²) in [7, 11) is 1.57. The van der Waals surface area contributed by atoms with Crippen molar-refractivity contribution in [2.45, 2.75) is 92.0 Å². The number of carbonyl (C=O) groups excluding carboxylic acids is 2. The number of allylic oxidation sites excluding steroid dienone is 1. The van der Waals surface area contributed by atoms with Crippen LogP contribution in [0.1, 0.15) is 79.3 Å². The maximum Gasteiger partial charge on any atom is 0.309 e. The molecule has 2 N–H and O–H groups in total. The SMILES string of the molecule is COc1nc(/C=C(\C)[C@@H]2C/C=C(/C)CCC[C@H](C)[C@H](O)[C@@H](C)C(=O)C(C)(C)[C@@H](O)CC(=O)O2)cs1. The number of aliphatic hydroxyl groups is 2. The highest BCUT2D eigenvalue weighted by Gasteiger charge is 2.42. The van der Waals surface area contributed by atoms with Gasteiger partial charge in [-0.1, -0.05) is 50.7 Å². The zero-order valence-electron chi connectivity index (χ0n) is 22.0. The molecule has 2 rings (SSSR count). The Morgan fingerprint density at radius 2 is 1.97 bits per heavy atom. The van der Waals surface area contributed by atoms with Crippen LogP contribution >= 0.6 is 11.3 Å². The first-order valence-electron chi connectivity index (χ1n) is 12.3. The number of carbonyl (C=O) groups is 2. The lowest BCUT2D eigenvalue weighted by atomic mass is 9.73. The van der Waals surface area contributed by atoms with Gasteiger partial charge in [0.05, 0.1) is 36.8 Å². The van der Waals surface area contributed by atoms with E-state index in [-0.39, 0.29) is 18.1 Å². The standard InChI is InChI=1S/C27H41NO6S/c1-16-9-8-10-17(2)24(31)19(4)25(32)27(5,6)22(29)14-23(30)34-21(12-11-16)18(3)13-20-15-35-26(28-20)33-7/h11,13,15,17,19,21-22,24,29,31H,8-10,12,14H2,1-7H3/b16-11-,18-13+/t17-,19+,21-,22-,24-/m0/s1. The average Bonchev–Trinajstić information content (AvgIpc) is 3.26. The second kappa shape index (κ2) is 12.8. The van der Waals surface area contributed by atoms with Crippen molar-refractivity contribution in [1.82, 2.24) is 4.98 Å². The first kappa shape index (κ1) is 29.2. The van der Waals surface area contributed by atoms with Crippen molar-refractivity contribution in [3.05, 3.63) is 28.3 Å². The smallest absolute Gasteiger partial charge is 0.309 e. The molecule has 0 aromatic carbocycles. The van der Waals surface area contributed by atoms with Crippen LogP contribution in [-0.2, 0) is 14.3 Å². The van der Waals surface area contributed by atoms with Gasteiger partial charge in [0.15, 0.2) is 0 Å². The number of aliphatic hydroxyl groups excluding tert-OH is 2. The number of esters is 1. The average molecular weight is 508 g/mol. The second-order valence-corrected chi connectivity index (χ2v) is 11.2. The summed E-state index contributed by atoms with van der Waals surface area (Å²) >= 11 is 1.39. The van der Waals surface area contributed by atoms with Crippen LogP contribution in [-0.4, -0.2) is 52.4 Å². The third-order valence-corrected chi connectivity index (χ3v) is 7.90. The molecular formula is C27H41NO6S. The van der Waals surface area contributed by atoms with Gasteiger partial charge in [-0.2, -0.15) is 0 Å². The molecule has 0 bridgehead atoms. The highest BCUT2D eigenvalue weighted by molar-refractivity contribution is 7.11. The molecule has 1 aromatic rings. The van der Waals surface area contributed by atoms with Crippen LogP contribution in [0.25, 0.3) is 6.08 Å². The molecule has 0 aliphatic carbocycles. The van der Waals surface area contributed by atoms with Crippen LogP contribution in [0.2, 0.25) is 0 Å². The summed E-state index contributed by atoms with van der Waals surface area (Å²) in [5.41, 5.74) is 1.52. The summed E-state index contributed by atoms with van der Waals surface area (Å²) in [5.74, 6) is -1.54. The van der Waals surface area contributed by atoms with E-state index < -0.39 is 35.6 Å². The topological polar surface area (TPSA) is 106 Å². The van der Waals surface area contributed by atoms with E-state index in [2.05, 4.69) is 11.1 Å². The number of hydrogen-bond acceptors (Lipinski definition) is 8. The first-order valence-corrected chi connectivity index (χ1v) is 13.2. The maximum atomic E-state index is 13.2. The summed E-state index contributed by atoms with van der Waals surface area (Å²) in [6, 6.07) is 0. The fourth-order valence-electron chi connectivity index (χ4n) is 4.38. The zero-order valence-corrected chi connectivity index (χ0v) is 22.9. The molecular weight excluding hydrogens is 466 g/mol. The van der Waals surface area contributed by atoms with Crippen molar-refractivity contribution in [2.75, 3.05) is 7.11 Å². The molecule has 1 aromatic heterocycles. The Morgan fingerprint density at radius 1 is 1.29 bits per heavy atom. The van der Waals surface area contributed by atoms with Crippen LogP contribution in [0.3, 0.4) is 0 Å². The monoisotopic (exact) mass is 507 g/mol. The Labute approximate surface area is 213 Å². The molecule has 0 fully saturated rings. The molecule has 0 spiro atoms. The van der Waals surface area contributed by atoms with Crippen LogP contribution in [0, 0.1) is 17.3 Å². The Balaban J connectivity index is 2.33. The molecule has 8 heteroatoms. The van der Waals surface area contributed by atoms with Gasteiger partial charge in [0.25, 0.3) is 5.19 Å². The molecule has 0 saturated heterocycles. The number of rotatable bonds is 3. The van der Waals surface area contributed by atoms with E-state index >= 15 is 0 Å². The van der Waals surface area contributed by atoms with E-state index in [0.29, 0.717) is 11.6 Å². The summed E-state index contributed by atoms with van der Waals surface area (Å²) in [5, 5.41) is 24.0. The highest BCUT2D eigenvalue weighted by Crippen LogP contribution is 2.32. The first-order chi connectivity index (χ1) is 16.4. The lowest BCUT2D eigenvalue weighted by molar-refractivity contribution is -0.154. The van der Waals surface area contributed by atoms with Crippen molar-refractivity contribution >= 4 is 29.2 Å². The molecule has 2 heterocycles. The van der Waals surface area contributed by atoms with Gasteiger partial charge < -0.3 is 19.7 Å². The Hall–Kier alpha value is -2.03. The van der Waals surface area contributed by atoms with Gasteiger partial charge in [-0.25, -0.2) is 4.98 Å². The summed E-state index contributed by atoms with van der Waals surface area (Å²) < 4.78 is 11.0. The van der Waals surface area contributed by atoms with Crippen LogP contribution in [0.4, 0.5) is 0 Å². The van der Waals surface area contributed by atoms with Crippen LogP contribution in [0.15, 0.2) is 22.6 Å². The number of ketones is 1. The van der Waals surface area contributed by atoms with Gasteiger partial charge in [-0.3, -0.25) is 9.59 Å². The van der Waals surface area contributed by atoms with E-state index in [1.165, 1.54) is 16.9 Å². The second-order valence-electron chi connectivity index (χ2n) is 10.4. The molecule has 0 radical (unpaired) electrons. The van der Waals surface area contributed by atoms with Crippen molar-refractivity contribution in [2.24, 2.45) is 17.3 Å². The van der Waals surface area contributed by atoms with Crippen LogP contribution < -0.4 is 4.74 Å². The number of nitrogens with zero attached hydrogens (tertiary/aromatic N) is 1. The van der Waals surface area contributed by atoms with Crippen molar-refractivity contribution in [1.29, 1.82) is 0 Å². The highest BCUT2D eigenvalue weighted by atomic mass is 32.1. The van der Waals surface area contributed by atoms with Gasteiger partial charge in [0.2, 0.25) is 0 Å². The predicted octanol–water partition coefficient (Wildman–Crippen LogP) is 4.97. The van der Waals surface area contributed by atoms with Gasteiger partial charge in [-0.05, 0) is 50.7 Å². The zero-order chi connectivity index (χ0) is 26.3. The van der Waals surface area contributed by atoms with Gasteiger partial charge in [0, 0.05) is 17.7 Å². The lowest BCUT2D eigenvalue weighted by Gasteiger charge is -2.34. The van der Waals surface area contributed by atoms with E-state index in [1.54, 1.807) is 27.9 Å². The number of aromatic nitrogens is 1. The molecule has 1 aliphatic heterocycles. The maximum absolute atomic E-state index is 13.2. The van der Waals surface area contributed by atoms with Gasteiger partial charge in [0.1, 0.15) is 11.9 Å². The molecule has 0 unspecified atom stereocenters. The molecule has 5 atom stereocenters.